The van der Waals surface area contributed by atoms with Crippen molar-refractivity contribution in [3.8, 4) is 0 Å². The van der Waals surface area contributed by atoms with E-state index >= 15 is 0 Å². The summed E-state index contributed by atoms with van der Waals surface area (Å²) in [7, 11) is 0. The third kappa shape index (κ3) is 3.51. The molecule has 104 valence electrons. The van der Waals surface area contributed by atoms with E-state index in [4.69, 9.17) is 11.1 Å². The second-order valence-corrected chi connectivity index (χ2v) is 5.02. The minimum absolute atomic E-state index is 0.0331. The van der Waals surface area contributed by atoms with E-state index in [0.29, 0.717) is 10.6 Å². The van der Waals surface area contributed by atoms with Gasteiger partial charge < -0.3 is 5.73 Å². The van der Waals surface area contributed by atoms with Crippen LogP contribution >= 0.6 is 11.8 Å². The van der Waals surface area contributed by atoms with Gasteiger partial charge in [-0.15, -0.1) is 0 Å². The van der Waals surface area contributed by atoms with E-state index in [2.05, 4.69) is 4.98 Å². The molecule has 20 heavy (non-hydrogen) atoms. The van der Waals surface area contributed by atoms with Crippen molar-refractivity contribution < 1.29 is 13.2 Å². The first kappa shape index (κ1) is 14.4. The van der Waals surface area contributed by atoms with Gasteiger partial charge in [0.25, 0.3) is 0 Å². The van der Waals surface area contributed by atoms with Gasteiger partial charge in [0.1, 0.15) is 10.9 Å². The molecule has 0 aliphatic carbocycles. The molecule has 7 heteroatoms. The van der Waals surface area contributed by atoms with Crippen molar-refractivity contribution in [2.75, 3.05) is 0 Å². The molecule has 0 atom stereocenters. The number of hydrogen-bond donors (Lipinski definition) is 2. The van der Waals surface area contributed by atoms with Crippen LogP contribution < -0.4 is 5.73 Å². The van der Waals surface area contributed by atoms with E-state index in [9.17, 15) is 13.2 Å². The molecule has 2 rings (SSSR count). The number of halogens is 3. The summed E-state index contributed by atoms with van der Waals surface area (Å²) in [4.78, 5) is 4.58. The topological polar surface area (TPSA) is 62.8 Å². The third-order valence-corrected chi connectivity index (χ3v) is 3.41. The average Bonchev–Trinajstić information content (AvgIpc) is 2.39. The Bertz CT molecular complexity index is 606. The molecule has 1 heterocycles. The zero-order chi connectivity index (χ0) is 14.8. The van der Waals surface area contributed by atoms with Crippen molar-refractivity contribution in [3.05, 3.63) is 53.7 Å². The van der Waals surface area contributed by atoms with Crippen LogP contribution in [0, 0.1) is 5.41 Å². The van der Waals surface area contributed by atoms with Crippen molar-refractivity contribution in [2.45, 2.75) is 16.1 Å². The molecule has 0 saturated heterocycles. The Morgan fingerprint density at radius 2 is 1.75 bits per heavy atom. The molecule has 1 aromatic carbocycles. The Balaban J connectivity index is 2.12. The van der Waals surface area contributed by atoms with Crippen LogP contribution in [0.5, 0.6) is 0 Å². The number of aromatic nitrogens is 1. The van der Waals surface area contributed by atoms with Gasteiger partial charge in [-0.05, 0) is 24.3 Å². The van der Waals surface area contributed by atoms with E-state index in [1.165, 1.54) is 17.8 Å². The number of hydrogen-bond acceptors (Lipinski definition) is 3. The lowest BCUT2D eigenvalue weighted by Gasteiger charge is -2.07. The summed E-state index contributed by atoms with van der Waals surface area (Å²) in [5.41, 5.74) is 5.15. The minimum Gasteiger partial charge on any atom is -0.384 e. The Morgan fingerprint density at radius 3 is 2.20 bits per heavy atom. The lowest BCUT2D eigenvalue weighted by atomic mass is 10.2. The zero-order valence-corrected chi connectivity index (χ0v) is 10.9. The molecule has 3 N–H and O–H groups in total. The summed E-state index contributed by atoms with van der Waals surface area (Å²) in [6.45, 7) is 0. The summed E-state index contributed by atoms with van der Waals surface area (Å²) >= 11 is 1.24. The van der Waals surface area contributed by atoms with E-state index in [1.54, 1.807) is 24.3 Å². The van der Waals surface area contributed by atoms with E-state index in [0.717, 1.165) is 17.2 Å². The van der Waals surface area contributed by atoms with Crippen LogP contribution in [0.3, 0.4) is 0 Å². The minimum atomic E-state index is -4.38. The predicted octanol–water partition coefficient (Wildman–Crippen LogP) is 3.54. The molecule has 1 aromatic heterocycles. The summed E-state index contributed by atoms with van der Waals surface area (Å²) < 4.78 is 37.2. The van der Waals surface area contributed by atoms with Crippen LogP contribution in [0.15, 0.2) is 52.5 Å². The van der Waals surface area contributed by atoms with Gasteiger partial charge in [-0.1, -0.05) is 23.9 Å². The highest BCUT2D eigenvalue weighted by atomic mass is 32.2. The summed E-state index contributed by atoms with van der Waals surface area (Å²) in [6, 6.07) is 9.15. The first-order chi connectivity index (χ1) is 9.36. The molecule has 0 spiro atoms. The first-order valence-corrected chi connectivity index (χ1v) is 6.33. The molecule has 0 bridgehead atoms. The number of nitrogen functional groups attached to an aromatic ring is 1. The average molecular weight is 297 g/mol. The van der Waals surface area contributed by atoms with Gasteiger partial charge in [0.15, 0.2) is 0 Å². The summed E-state index contributed by atoms with van der Waals surface area (Å²) in [5, 5.41) is 7.73. The van der Waals surface area contributed by atoms with Crippen LogP contribution in [-0.2, 0) is 6.18 Å². The number of nitrogens with one attached hydrogen (secondary N) is 1. The summed E-state index contributed by atoms with van der Waals surface area (Å²) in [6.07, 6.45) is -3.56. The standard InChI is InChI=1S/C13H10F3N3S/c14-13(15,16)9-3-6-11(19-7-9)20-10-4-1-8(2-5-10)12(17)18/h1-7H,(H3,17,18). The van der Waals surface area contributed by atoms with Crippen LogP contribution in [-0.4, -0.2) is 10.8 Å². The Kier molecular flexibility index (Phi) is 3.99. The van der Waals surface area contributed by atoms with Crippen LogP contribution in [0.1, 0.15) is 11.1 Å². The first-order valence-electron chi connectivity index (χ1n) is 5.52. The van der Waals surface area contributed by atoms with Crippen LogP contribution in [0.25, 0.3) is 0 Å². The van der Waals surface area contributed by atoms with Crippen LogP contribution in [0.2, 0.25) is 0 Å². The number of amidine groups is 1. The van der Waals surface area contributed by atoms with Gasteiger partial charge in [-0.3, -0.25) is 5.41 Å². The van der Waals surface area contributed by atoms with E-state index in [-0.39, 0.29) is 5.84 Å². The highest BCUT2D eigenvalue weighted by Crippen LogP contribution is 2.31. The zero-order valence-electron chi connectivity index (χ0n) is 10.1. The fourth-order valence-electron chi connectivity index (χ4n) is 1.43. The quantitative estimate of drug-likeness (QED) is 0.673. The van der Waals surface area contributed by atoms with Crippen molar-refractivity contribution in [3.63, 3.8) is 0 Å². The number of nitrogens with two attached hydrogens (primary N) is 1. The Labute approximate surface area is 117 Å². The van der Waals surface area contributed by atoms with Gasteiger partial charge in [0.05, 0.1) is 5.56 Å². The number of alkyl halides is 3. The highest BCUT2D eigenvalue weighted by Gasteiger charge is 2.30. The lowest BCUT2D eigenvalue weighted by Crippen LogP contribution is -2.10. The largest absolute Gasteiger partial charge is 0.417 e. The molecule has 3 nitrogen and oxygen atoms in total. The normalized spacial score (nSPS) is 11.3. The van der Waals surface area contributed by atoms with Crippen molar-refractivity contribution in [1.29, 1.82) is 5.41 Å². The predicted molar refractivity (Wildman–Crippen MR) is 70.8 cm³/mol. The SMILES string of the molecule is N=C(N)c1ccc(Sc2ccc(C(F)(F)F)cn2)cc1. The monoisotopic (exact) mass is 297 g/mol. The molecule has 0 saturated carbocycles. The molecular formula is C13H10F3N3S. The van der Waals surface area contributed by atoms with Gasteiger partial charge >= 0.3 is 6.18 Å². The van der Waals surface area contributed by atoms with E-state index in [1.807, 2.05) is 0 Å². The number of pyridine rings is 1. The fourth-order valence-corrected chi connectivity index (χ4v) is 2.19. The van der Waals surface area contributed by atoms with Crippen molar-refractivity contribution >= 4 is 17.6 Å². The second kappa shape index (κ2) is 5.54. The smallest absolute Gasteiger partial charge is 0.384 e. The maximum atomic E-state index is 12.4. The Morgan fingerprint density at radius 1 is 1.10 bits per heavy atom. The van der Waals surface area contributed by atoms with Crippen molar-refractivity contribution in [2.24, 2.45) is 5.73 Å². The van der Waals surface area contributed by atoms with Gasteiger partial charge in [0, 0.05) is 16.7 Å². The van der Waals surface area contributed by atoms with Gasteiger partial charge in [0.2, 0.25) is 0 Å². The maximum absolute atomic E-state index is 12.4. The van der Waals surface area contributed by atoms with E-state index < -0.39 is 11.7 Å². The summed E-state index contributed by atoms with van der Waals surface area (Å²) in [5.74, 6) is -0.0331. The number of nitrogens with zero attached hydrogens (tertiary/aromatic N) is 1. The molecular weight excluding hydrogens is 287 g/mol. The van der Waals surface area contributed by atoms with Crippen LogP contribution in [0.4, 0.5) is 13.2 Å². The molecule has 0 unspecified atom stereocenters. The molecule has 0 aliphatic heterocycles. The lowest BCUT2D eigenvalue weighted by molar-refractivity contribution is -0.137. The van der Waals surface area contributed by atoms with Gasteiger partial charge in [-0.2, -0.15) is 13.2 Å². The third-order valence-electron chi connectivity index (χ3n) is 2.45. The molecule has 0 amide bonds. The number of benzene rings is 1. The molecule has 2 aromatic rings. The number of rotatable bonds is 3. The molecule has 0 aliphatic rings. The van der Waals surface area contributed by atoms with Crippen molar-refractivity contribution in [1.82, 2.24) is 4.98 Å². The highest BCUT2D eigenvalue weighted by molar-refractivity contribution is 7.99. The maximum Gasteiger partial charge on any atom is 0.417 e. The molecule has 0 fully saturated rings. The fraction of sp³-hybridized carbons (Fsp3) is 0.0769. The second-order valence-electron chi connectivity index (χ2n) is 3.92. The molecule has 0 radical (unpaired) electrons. The Hall–Kier alpha value is -2.02. The van der Waals surface area contributed by atoms with Gasteiger partial charge in [-0.25, -0.2) is 4.98 Å².